The van der Waals surface area contributed by atoms with Gasteiger partial charge >= 0.3 is 0 Å². The van der Waals surface area contributed by atoms with Crippen LogP contribution in [0.25, 0.3) is 0 Å². The summed E-state index contributed by atoms with van der Waals surface area (Å²) in [5, 5.41) is 19.7. The SMILES string of the molecule is COc1ccc(Cn2cc(C3CC3C(=O)Nc3cc(OCc4ccc(Cn5cccn5)cc4)cnn3)cn2)cc1. The molecule has 2 unspecified atom stereocenters. The zero-order valence-corrected chi connectivity index (χ0v) is 22.1. The molecule has 0 spiro atoms. The number of hydrogen-bond donors (Lipinski definition) is 1. The summed E-state index contributed by atoms with van der Waals surface area (Å²) in [6.07, 6.45) is 9.89. The molecule has 3 heterocycles. The molecule has 1 saturated carbocycles. The zero-order valence-electron chi connectivity index (χ0n) is 22.1. The number of aromatic nitrogens is 6. The lowest BCUT2D eigenvalue weighted by Crippen LogP contribution is -2.16. The predicted molar refractivity (Wildman–Crippen MR) is 148 cm³/mol. The summed E-state index contributed by atoms with van der Waals surface area (Å²) in [5.41, 5.74) is 4.38. The molecule has 5 aromatic rings. The van der Waals surface area contributed by atoms with Gasteiger partial charge < -0.3 is 14.8 Å². The Hall–Kier alpha value is -4.99. The Kier molecular flexibility index (Phi) is 7.21. The maximum Gasteiger partial charge on any atom is 0.229 e. The third-order valence-corrected chi connectivity index (χ3v) is 6.93. The minimum atomic E-state index is -0.120. The molecule has 2 atom stereocenters. The molecule has 10 nitrogen and oxygen atoms in total. The van der Waals surface area contributed by atoms with Crippen LogP contribution in [-0.4, -0.2) is 42.8 Å². The van der Waals surface area contributed by atoms with Gasteiger partial charge in [-0.3, -0.25) is 14.2 Å². The zero-order chi connectivity index (χ0) is 27.3. The number of nitrogens with zero attached hydrogens (tertiary/aromatic N) is 6. The van der Waals surface area contributed by atoms with Crippen molar-refractivity contribution in [2.75, 3.05) is 12.4 Å². The number of benzene rings is 2. The average molecular weight is 536 g/mol. The number of carbonyl (C=O) groups excluding carboxylic acids is 1. The number of hydrogen-bond acceptors (Lipinski definition) is 7. The maximum absolute atomic E-state index is 12.9. The first-order chi connectivity index (χ1) is 19.6. The molecular formula is C30H29N7O3. The summed E-state index contributed by atoms with van der Waals surface area (Å²) in [5.74, 6) is 1.69. The molecule has 6 rings (SSSR count). The van der Waals surface area contributed by atoms with E-state index in [2.05, 4.69) is 37.8 Å². The fourth-order valence-corrected chi connectivity index (χ4v) is 4.63. The molecule has 202 valence electrons. The van der Waals surface area contributed by atoms with Crippen molar-refractivity contribution in [2.45, 2.75) is 32.0 Å². The third-order valence-electron chi connectivity index (χ3n) is 6.93. The van der Waals surface area contributed by atoms with E-state index in [-0.39, 0.29) is 17.7 Å². The Balaban J connectivity index is 0.989. The molecule has 0 bridgehead atoms. The van der Waals surface area contributed by atoms with Crippen LogP contribution < -0.4 is 14.8 Å². The molecule has 0 saturated heterocycles. The quantitative estimate of drug-likeness (QED) is 0.269. The summed E-state index contributed by atoms with van der Waals surface area (Å²) in [6.45, 7) is 1.76. The van der Waals surface area contributed by atoms with Crippen molar-refractivity contribution in [1.82, 2.24) is 29.8 Å². The highest BCUT2D eigenvalue weighted by atomic mass is 16.5. The van der Waals surface area contributed by atoms with E-state index in [0.29, 0.717) is 24.7 Å². The maximum atomic E-state index is 12.9. The van der Waals surface area contributed by atoms with E-state index in [9.17, 15) is 4.79 Å². The Labute approximate surface area is 231 Å². The topological polar surface area (TPSA) is 109 Å². The predicted octanol–water partition coefficient (Wildman–Crippen LogP) is 4.30. The highest BCUT2D eigenvalue weighted by Crippen LogP contribution is 2.47. The van der Waals surface area contributed by atoms with Gasteiger partial charge in [-0.05, 0) is 52.8 Å². The van der Waals surface area contributed by atoms with Crippen molar-refractivity contribution in [2.24, 2.45) is 5.92 Å². The molecule has 40 heavy (non-hydrogen) atoms. The molecule has 1 amide bonds. The van der Waals surface area contributed by atoms with E-state index in [4.69, 9.17) is 9.47 Å². The molecule has 0 aliphatic heterocycles. The highest BCUT2D eigenvalue weighted by Gasteiger charge is 2.44. The normalized spacial score (nSPS) is 15.9. The van der Waals surface area contributed by atoms with E-state index >= 15 is 0 Å². The van der Waals surface area contributed by atoms with Gasteiger partial charge in [-0.25, -0.2) is 0 Å². The number of anilines is 1. The number of nitrogens with one attached hydrogen (secondary N) is 1. The van der Waals surface area contributed by atoms with Crippen LogP contribution in [0.3, 0.4) is 0 Å². The van der Waals surface area contributed by atoms with Gasteiger partial charge in [0.15, 0.2) is 5.82 Å². The molecule has 10 heteroatoms. The third kappa shape index (κ3) is 6.17. The molecule has 0 radical (unpaired) electrons. The fraction of sp³-hybridized carbons (Fsp3) is 0.233. The van der Waals surface area contributed by atoms with Crippen molar-refractivity contribution in [3.05, 3.63) is 114 Å². The van der Waals surface area contributed by atoms with Crippen LogP contribution >= 0.6 is 0 Å². The van der Waals surface area contributed by atoms with Crippen molar-refractivity contribution in [1.29, 1.82) is 0 Å². The first-order valence-electron chi connectivity index (χ1n) is 13.1. The van der Waals surface area contributed by atoms with Gasteiger partial charge in [0.25, 0.3) is 0 Å². The summed E-state index contributed by atoms with van der Waals surface area (Å²) in [6, 6.07) is 19.7. The van der Waals surface area contributed by atoms with Crippen LogP contribution in [0, 0.1) is 5.92 Å². The van der Waals surface area contributed by atoms with Crippen LogP contribution in [-0.2, 0) is 24.5 Å². The van der Waals surface area contributed by atoms with Crippen LogP contribution in [0.5, 0.6) is 11.5 Å². The monoisotopic (exact) mass is 535 g/mol. The minimum Gasteiger partial charge on any atom is -0.497 e. The molecular weight excluding hydrogens is 506 g/mol. The number of rotatable bonds is 11. The molecule has 1 fully saturated rings. The molecule has 1 N–H and O–H groups in total. The van der Waals surface area contributed by atoms with Gasteiger partial charge in [-0.1, -0.05) is 36.4 Å². The summed E-state index contributed by atoms with van der Waals surface area (Å²) >= 11 is 0. The fourth-order valence-electron chi connectivity index (χ4n) is 4.63. The summed E-state index contributed by atoms with van der Waals surface area (Å²) in [4.78, 5) is 12.9. The largest absolute Gasteiger partial charge is 0.497 e. The first-order valence-corrected chi connectivity index (χ1v) is 13.1. The summed E-state index contributed by atoms with van der Waals surface area (Å²) in [7, 11) is 1.65. The van der Waals surface area contributed by atoms with E-state index in [1.54, 1.807) is 25.6 Å². The van der Waals surface area contributed by atoms with Crippen molar-refractivity contribution < 1.29 is 14.3 Å². The molecule has 2 aromatic carbocycles. The van der Waals surface area contributed by atoms with Crippen LogP contribution in [0.15, 0.2) is 91.6 Å². The summed E-state index contributed by atoms with van der Waals surface area (Å²) < 4.78 is 14.9. The van der Waals surface area contributed by atoms with E-state index < -0.39 is 0 Å². The molecule has 1 aliphatic carbocycles. The van der Waals surface area contributed by atoms with E-state index in [1.807, 2.05) is 70.4 Å². The second kappa shape index (κ2) is 11.4. The number of amides is 1. The second-order valence-corrected chi connectivity index (χ2v) is 9.84. The smallest absolute Gasteiger partial charge is 0.229 e. The molecule has 3 aromatic heterocycles. The van der Waals surface area contributed by atoms with Gasteiger partial charge in [0.05, 0.1) is 32.6 Å². The first kappa shape index (κ1) is 25.3. The number of ether oxygens (including phenoxy) is 2. The second-order valence-electron chi connectivity index (χ2n) is 9.84. The van der Waals surface area contributed by atoms with Gasteiger partial charge in [-0.15, -0.1) is 5.10 Å². The van der Waals surface area contributed by atoms with Gasteiger partial charge in [0.1, 0.15) is 18.1 Å². The average Bonchev–Trinajstić information content (AvgIpc) is 3.36. The highest BCUT2D eigenvalue weighted by molar-refractivity contribution is 5.94. The van der Waals surface area contributed by atoms with Gasteiger partial charge in [0, 0.05) is 30.6 Å². The van der Waals surface area contributed by atoms with E-state index in [0.717, 1.165) is 41.0 Å². The molecule has 1 aliphatic rings. The standard InChI is InChI=1S/C30H29N7O3/c1-39-25-9-7-22(8-10-25)18-37-19-24(15-33-37)27-14-28(27)30(38)34-29-13-26(16-31-35-29)40-20-23-5-3-21(4-6-23)17-36-12-2-11-32-36/h2-13,15-16,19,27-28H,14,17-18,20H2,1H3,(H,34,35,38). The number of carbonyl (C=O) groups is 1. The van der Waals surface area contributed by atoms with Crippen LogP contribution in [0.4, 0.5) is 5.82 Å². The Morgan fingerprint density at radius 1 is 0.950 bits per heavy atom. The number of methoxy groups -OCH3 is 1. The van der Waals surface area contributed by atoms with Crippen LogP contribution in [0.1, 0.15) is 34.6 Å². The Morgan fingerprint density at radius 2 is 1.70 bits per heavy atom. The lowest BCUT2D eigenvalue weighted by Gasteiger charge is -2.09. The van der Waals surface area contributed by atoms with Crippen LogP contribution in [0.2, 0.25) is 0 Å². The van der Waals surface area contributed by atoms with Crippen molar-refractivity contribution in [3.8, 4) is 11.5 Å². The Morgan fingerprint density at radius 3 is 2.45 bits per heavy atom. The minimum absolute atomic E-state index is 0.0767. The van der Waals surface area contributed by atoms with E-state index in [1.165, 1.54) is 0 Å². The lowest BCUT2D eigenvalue weighted by molar-refractivity contribution is -0.117. The lowest BCUT2D eigenvalue weighted by atomic mass is 10.1. The van der Waals surface area contributed by atoms with Gasteiger partial charge in [0.2, 0.25) is 5.91 Å². The van der Waals surface area contributed by atoms with Crippen molar-refractivity contribution >= 4 is 11.7 Å². The Bertz CT molecular complexity index is 1560. The van der Waals surface area contributed by atoms with Crippen molar-refractivity contribution in [3.63, 3.8) is 0 Å². The van der Waals surface area contributed by atoms with Gasteiger partial charge in [-0.2, -0.15) is 15.3 Å².